The first-order valence-corrected chi connectivity index (χ1v) is 5.22. The Morgan fingerprint density at radius 1 is 1.67 bits per heavy atom. The summed E-state index contributed by atoms with van der Waals surface area (Å²) in [7, 11) is 3.97. The van der Waals surface area contributed by atoms with Gasteiger partial charge in [-0.15, -0.1) is 0 Å². The Morgan fingerprint density at radius 3 is 2.87 bits per heavy atom. The number of aromatic nitrogens is 2. The van der Waals surface area contributed by atoms with Crippen molar-refractivity contribution in [3.05, 3.63) is 18.0 Å². The maximum atomic E-state index is 8.69. The lowest BCUT2D eigenvalue weighted by Gasteiger charge is -2.24. The first kappa shape index (κ1) is 11.7. The molecule has 4 heteroatoms. The molecular formula is C11H18N4. The van der Waals surface area contributed by atoms with Crippen LogP contribution >= 0.6 is 0 Å². The summed E-state index contributed by atoms with van der Waals surface area (Å²) in [4.78, 5) is 2.21. The number of rotatable bonds is 5. The van der Waals surface area contributed by atoms with Crippen molar-refractivity contribution in [2.45, 2.75) is 32.4 Å². The van der Waals surface area contributed by atoms with Crippen LogP contribution in [0.4, 0.5) is 0 Å². The summed E-state index contributed by atoms with van der Waals surface area (Å²) in [6, 6.07) is 2.57. The fraction of sp³-hybridized carbons (Fsp3) is 0.636. The highest BCUT2D eigenvalue weighted by Crippen LogP contribution is 2.10. The summed E-state index contributed by atoms with van der Waals surface area (Å²) >= 11 is 0. The van der Waals surface area contributed by atoms with Gasteiger partial charge in [0.25, 0.3) is 0 Å². The molecule has 0 radical (unpaired) electrons. The zero-order chi connectivity index (χ0) is 11.3. The monoisotopic (exact) mass is 206 g/mol. The maximum absolute atomic E-state index is 8.69. The fourth-order valence-electron chi connectivity index (χ4n) is 1.69. The second-order valence-corrected chi connectivity index (χ2v) is 3.86. The van der Waals surface area contributed by atoms with Crippen molar-refractivity contribution >= 4 is 0 Å². The zero-order valence-corrected chi connectivity index (χ0v) is 9.64. The summed E-state index contributed by atoms with van der Waals surface area (Å²) in [6.07, 6.45) is 5.47. The van der Waals surface area contributed by atoms with Crippen molar-refractivity contribution in [3.8, 4) is 6.07 Å². The van der Waals surface area contributed by atoms with Crippen LogP contribution < -0.4 is 0 Å². The molecule has 1 aromatic rings. The molecule has 82 valence electrons. The maximum Gasteiger partial charge on any atom is 0.0638 e. The summed E-state index contributed by atoms with van der Waals surface area (Å²) in [6.45, 7) is 2.97. The van der Waals surface area contributed by atoms with E-state index in [1.54, 1.807) is 4.68 Å². The van der Waals surface area contributed by atoms with Crippen molar-refractivity contribution in [2.24, 2.45) is 7.05 Å². The molecule has 0 bridgehead atoms. The Kier molecular flexibility index (Phi) is 4.32. The second kappa shape index (κ2) is 5.52. The van der Waals surface area contributed by atoms with Crippen LogP contribution in [0, 0.1) is 11.3 Å². The smallest absolute Gasteiger partial charge is 0.0638 e. The van der Waals surface area contributed by atoms with Gasteiger partial charge in [-0.3, -0.25) is 9.58 Å². The highest BCUT2D eigenvalue weighted by atomic mass is 15.2. The molecular weight excluding hydrogens is 188 g/mol. The van der Waals surface area contributed by atoms with E-state index in [9.17, 15) is 0 Å². The van der Waals surface area contributed by atoms with E-state index in [-0.39, 0.29) is 0 Å². The van der Waals surface area contributed by atoms with Gasteiger partial charge in [0.1, 0.15) is 0 Å². The summed E-state index contributed by atoms with van der Waals surface area (Å²) in [5.74, 6) is 0. The van der Waals surface area contributed by atoms with Gasteiger partial charge in [-0.2, -0.15) is 10.4 Å². The van der Waals surface area contributed by atoms with Crippen LogP contribution in [-0.4, -0.2) is 27.8 Å². The minimum absolute atomic E-state index is 0.343. The summed E-state index contributed by atoms with van der Waals surface area (Å²) < 4.78 is 1.80. The second-order valence-electron chi connectivity index (χ2n) is 3.86. The molecule has 0 amide bonds. The molecule has 0 aliphatic heterocycles. The molecule has 0 saturated carbocycles. The molecule has 0 aromatic carbocycles. The van der Waals surface area contributed by atoms with E-state index in [2.05, 4.69) is 30.0 Å². The van der Waals surface area contributed by atoms with Crippen LogP contribution in [-0.2, 0) is 13.6 Å². The van der Waals surface area contributed by atoms with E-state index >= 15 is 0 Å². The van der Waals surface area contributed by atoms with E-state index in [0.717, 1.165) is 13.0 Å². The number of nitrogens with zero attached hydrogens (tertiary/aromatic N) is 4. The van der Waals surface area contributed by atoms with E-state index in [1.807, 2.05) is 19.4 Å². The highest BCUT2D eigenvalue weighted by Gasteiger charge is 2.12. The zero-order valence-electron chi connectivity index (χ0n) is 9.64. The summed E-state index contributed by atoms with van der Waals surface area (Å²) in [5.41, 5.74) is 1.19. The minimum atomic E-state index is 0.343. The Hall–Kier alpha value is -1.34. The molecule has 4 nitrogen and oxygen atoms in total. The third-order valence-electron chi connectivity index (χ3n) is 2.61. The van der Waals surface area contributed by atoms with Crippen molar-refractivity contribution in [1.29, 1.82) is 5.26 Å². The molecule has 0 spiro atoms. The van der Waals surface area contributed by atoms with Crippen LogP contribution in [0.25, 0.3) is 0 Å². The number of nitriles is 1. The Labute approximate surface area is 91.1 Å². The number of aryl methyl sites for hydroxylation is 1. The molecule has 0 fully saturated rings. The van der Waals surface area contributed by atoms with Gasteiger partial charge in [0.2, 0.25) is 0 Å². The predicted molar refractivity (Wildman–Crippen MR) is 59.0 cm³/mol. The lowest BCUT2D eigenvalue weighted by molar-refractivity contribution is 0.230. The number of hydrogen-bond donors (Lipinski definition) is 0. The van der Waals surface area contributed by atoms with E-state index in [1.165, 1.54) is 5.56 Å². The first-order chi connectivity index (χ1) is 7.17. The Balaban J connectivity index is 2.54. The van der Waals surface area contributed by atoms with Crippen LogP contribution in [0.15, 0.2) is 12.4 Å². The molecule has 1 heterocycles. The third-order valence-corrected chi connectivity index (χ3v) is 2.61. The van der Waals surface area contributed by atoms with Crippen molar-refractivity contribution in [3.63, 3.8) is 0 Å². The van der Waals surface area contributed by atoms with Crippen LogP contribution in [0.1, 0.15) is 25.3 Å². The Morgan fingerprint density at radius 2 is 2.40 bits per heavy atom. The first-order valence-electron chi connectivity index (χ1n) is 5.22. The standard InChI is InChI=1S/C11H18N4/c1-4-11(5-6-12)14(2)8-10-7-13-15(3)9-10/h7,9,11H,4-5,8H2,1-3H3. The van der Waals surface area contributed by atoms with Gasteiger partial charge in [-0.05, 0) is 13.5 Å². The fourth-order valence-corrected chi connectivity index (χ4v) is 1.69. The van der Waals surface area contributed by atoms with Crippen molar-refractivity contribution < 1.29 is 0 Å². The largest absolute Gasteiger partial charge is 0.298 e. The van der Waals surface area contributed by atoms with Gasteiger partial charge in [-0.25, -0.2) is 0 Å². The molecule has 0 aliphatic rings. The van der Waals surface area contributed by atoms with Gasteiger partial charge in [-0.1, -0.05) is 6.92 Å². The average molecular weight is 206 g/mol. The van der Waals surface area contributed by atoms with Gasteiger partial charge >= 0.3 is 0 Å². The molecule has 0 aliphatic carbocycles. The molecule has 1 rings (SSSR count). The molecule has 0 N–H and O–H groups in total. The highest BCUT2D eigenvalue weighted by molar-refractivity contribution is 5.03. The Bertz CT molecular complexity index is 337. The average Bonchev–Trinajstić information content (AvgIpc) is 2.60. The normalized spacial score (nSPS) is 12.7. The molecule has 0 saturated heterocycles. The number of hydrogen-bond acceptors (Lipinski definition) is 3. The van der Waals surface area contributed by atoms with Crippen molar-refractivity contribution in [2.75, 3.05) is 7.05 Å². The SMILES string of the molecule is CCC(CC#N)N(C)Cc1cnn(C)c1. The van der Waals surface area contributed by atoms with E-state index in [4.69, 9.17) is 5.26 Å². The van der Waals surface area contributed by atoms with Gasteiger partial charge in [0, 0.05) is 31.4 Å². The molecule has 15 heavy (non-hydrogen) atoms. The van der Waals surface area contributed by atoms with E-state index in [0.29, 0.717) is 12.5 Å². The van der Waals surface area contributed by atoms with Crippen LogP contribution in [0.3, 0.4) is 0 Å². The predicted octanol–water partition coefficient (Wildman–Crippen LogP) is 1.54. The molecule has 1 aromatic heterocycles. The van der Waals surface area contributed by atoms with Gasteiger partial charge < -0.3 is 0 Å². The van der Waals surface area contributed by atoms with Gasteiger partial charge in [0.05, 0.1) is 18.7 Å². The van der Waals surface area contributed by atoms with Crippen LogP contribution in [0.5, 0.6) is 0 Å². The van der Waals surface area contributed by atoms with Crippen molar-refractivity contribution in [1.82, 2.24) is 14.7 Å². The quantitative estimate of drug-likeness (QED) is 0.734. The lowest BCUT2D eigenvalue weighted by Crippen LogP contribution is -2.30. The summed E-state index contributed by atoms with van der Waals surface area (Å²) in [5, 5.41) is 12.8. The van der Waals surface area contributed by atoms with E-state index < -0.39 is 0 Å². The van der Waals surface area contributed by atoms with Gasteiger partial charge in [0.15, 0.2) is 0 Å². The molecule has 1 unspecified atom stereocenters. The third kappa shape index (κ3) is 3.37. The minimum Gasteiger partial charge on any atom is -0.298 e. The topological polar surface area (TPSA) is 44.9 Å². The van der Waals surface area contributed by atoms with Crippen LogP contribution in [0.2, 0.25) is 0 Å². The lowest BCUT2D eigenvalue weighted by atomic mass is 10.1. The molecule has 1 atom stereocenters.